The Balaban J connectivity index is 3.20. The van der Waals surface area contributed by atoms with E-state index >= 15 is 0 Å². The molecular weight excluding hydrogens is 192 g/mol. The van der Waals surface area contributed by atoms with Crippen LogP contribution >= 0.6 is 23.4 Å². The number of anilines is 1. The number of rotatable bonds is 1. The van der Waals surface area contributed by atoms with Crippen molar-refractivity contribution in [3.63, 3.8) is 0 Å². The van der Waals surface area contributed by atoms with Crippen LogP contribution in [-0.4, -0.2) is 0 Å². The highest BCUT2D eigenvalue weighted by atomic mass is 35.5. The molecule has 4 heteroatoms. The minimum absolute atomic E-state index is 0.480. The number of benzene rings is 1. The lowest BCUT2D eigenvalue weighted by molar-refractivity contribution is 1.37. The Kier molecular flexibility index (Phi) is 2.85. The highest BCUT2D eigenvalue weighted by Crippen LogP contribution is 2.31. The molecule has 2 nitrogen and oxygen atoms in total. The second-order valence-electron chi connectivity index (χ2n) is 2.35. The first-order chi connectivity index (χ1) is 5.65. The largest absolute Gasteiger partial charge is 0.397 e. The predicted octanol–water partition coefficient (Wildman–Crippen LogP) is 2.80. The van der Waals surface area contributed by atoms with E-state index < -0.39 is 0 Å². The van der Waals surface area contributed by atoms with Gasteiger partial charge in [-0.25, -0.2) is 0 Å². The summed E-state index contributed by atoms with van der Waals surface area (Å²) >= 11 is 6.83. The van der Waals surface area contributed by atoms with Crippen LogP contribution in [0.2, 0.25) is 5.02 Å². The standard InChI is InChI=1S/C8H7ClN2S/c1-5-2-6(9)8(11)7(3-5)12-4-10/h2-3H,11H2,1H3. The number of nitrogens with zero attached hydrogens (tertiary/aromatic N) is 1. The molecule has 0 fully saturated rings. The predicted molar refractivity (Wildman–Crippen MR) is 52.1 cm³/mol. The van der Waals surface area contributed by atoms with Crippen molar-refractivity contribution in [2.45, 2.75) is 11.8 Å². The first kappa shape index (κ1) is 9.24. The monoisotopic (exact) mass is 198 g/mol. The van der Waals surface area contributed by atoms with Crippen LogP contribution in [0.4, 0.5) is 5.69 Å². The minimum atomic E-state index is 0.480. The Bertz CT molecular complexity index is 344. The van der Waals surface area contributed by atoms with Gasteiger partial charge in [0.1, 0.15) is 5.40 Å². The molecule has 0 bridgehead atoms. The molecule has 0 saturated heterocycles. The Morgan fingerprint density at radius 1 is 1.58 bits per heavy atom. The van der Waals surface area contributed by atoms with Crippen LogP contribution in [-0.2, 0) is 0 Å². The number of halogens is 1. The lowest BCUT2D eigenvalue weighted by atomic mass is 10.2. The van der Waals surface area contributed by atoms with E-state index in [2.05, 4.69) is 0 Å². The summed E-state index contributed by atoms with van der Waals surface area (Å²) in [4.78, 5) is 0.725. The van der Waals surface area contributed by atoms with Gasteiger partial charge in [0.25, 0.3) is 0 Å². The maximum Gasteiger partial charge on any atom is 0.138 e. The van der Waals surface area contributed by atoms with Gasteiger partial charge in [0.2, 0.25) is 0 Å². The minimum Gasteiger partial charge on any atom is -0.397 e. The molecule has 0 aliphatic heterocycles. The van der Waals surface area contributed by atoms with Gasteiger partial charge in [-0.1, -0.05) is 11.6 Å². The summed E-state index contributed by atoms with van der Waals surface area (Å²) in [6.07, 6.45) is 0. The average Bonchev–Trinajstić information content (AvgIpc) is 2.00. The van der Waals surface area contributed by atoms with E-state index in [0.717, 1.165) is 22.2 Å². The van der Waals surface area contributed by atoms with Crippen molar-refractivity contribution in [3.05, 3.63) is 22.7 Å². The Labute approximate surface area is 80.3 Å². The van der Waals surface area contributed by atoms with Gasteiger partial charge >= 0.3 is 0 Å². The van der Waals surface area contributed by atoms with E-state index in [0.29, 0.717) is 10.7 Å². The van der Waals surface area contributed by atoms with Gasteiger partial charge in [-0.2, -0.15) is 5.26 Å². The molecule has 0 aromatic heterocycles. The van der Waals surface area contributed by atoms with E-state index in [9.17, 15) is 0 Å². The molecule has 1 aromatic rings. The Hall–Kier alpha value is -0.850. The number of hydrogen-bond donors (Lipinski definition) is 1. The molecule has 1 rings (SSSR count). The second-order valence-corrected chi connectivity index (χ2v) is 3.59. The van der Waals surface area contributed by atoms with Crippen LogP contribution in [0.1, 0.15) is 5.56 Å². The van der Waals surface area contributed by atoms with Gasteiger partial charge in [-0.05, 0) is 36.4 Å². The zero-order valence-corrected chi connectivity index (χ0v) is 8.04. The van der Waals surface area contributed by atoms with E-state index in [1.54, 1.807) is 6.07 Å². The normalized spacial score (nSPS) is 9.42. The van der Waals surface area contributed by atoms with Crippen molar-refractivity contribution >= 4 is 29.1 Å². The first-order valence-corrected chi connectivity index (χ1v) is 4.46. The fourth-order valence-corrected chi connectivity index (χ4v) is 1.75. The molecule has 1 aromatic carbocycles. The van der Waals surface area contributed by atoms with Crippen molar-refractivity contribution in [3.8, 4) is 5.40 Å². The number of aryl methyl sites for hydroxylation is 1. The van der Waals surface area contributed by atoms with E-state index in [1.165, 1.54) is 0 Å². The second kappa shape index (κ2) is 3.70. The molecule has 0 aliphatic rings. The van der Waals surface area contributed by atoms with Gasteiger partial charge in [0.05, 0.1) is 10.7 Å². The number of thiocyanates is 1. The molecule has 2 N–H and O–H groups in total. The molecule has 12 heavy (non-hydrogen) atoms. The van der Waals surface area contributed by atoms with Gasteiger partial charge in [0.15, 0.2) is 0 Å². The molecule has 0 heterocycles. The summed E-state index contributed by atoms with van der Waals surface area (Å²) in [6, 6.07) is 3.62. The van der Waals surface area contributed by atoms with Crippen molar-refractivity contribution in [2.24, 2.45) is 0 Å². The van der Waals surface area contributed by atoms with E-state index in [-0.39, 0.29) is 0 Å². The Morgan fingerprint density at radius 3 is 2.83 bits per heavy atom. The smallest absolute Gasteiger partial charge is 0.138 e. The highest BCUT2D eigenvalue weighted by molar-refractivity contribution is 8.03. The van der Waals surface area contributed by atoms with Crippen LogP contribution in [0.25, 0.3) is 0 Å². The summed E-state index contributed by atoms with van der Waals surface area (Å²) < 4.78 is 0. The number of nitrogen functional groups attached to an aromatic ring is 1. The number of nitrogens with two attached hydrogens (primary N) is 1. The summed E-state index contributed by atoms with van der Waals surface area (Å²) in [5.74, 6) is 0. The Morgan fingerprint density at radius 2 is 2.25 bits per heavy atom. The quantitative estimate of drug-likeness (QED) is 0.429. The van der Waals surface area contributed by atoms with E-state index in [1.807, 2.05) is 18.4 Å². The van der Waals surface area contributed by atoms with Crippen LogP contribution in [0.3, 0.4) is 0 Å². The third-order valence-corrected chi connectivity index (χ3v) is 2.35. The number of hydrogen-bond acceptors (Lipinski definition) is 3. The lowest BCUT2D eigenvalue weighted by Gasteiger charge is -2.03. The number of nitriles is 1. The van der Waals surface area contributed by atoms with E-state index in [4.69, 9.17) is 22.6 Å². The third-order valence-electron chi connectivity index (χ3n) is 1.39. The molecule has 0 spiro atoms. The summed E-state index contributed by atoms with van der Waals surface area (Å²) in [5, 5.41) is 10.9. The van der Waals surface area contributed by atoms with Crippen molar-refractivity contribution in [2.75, 3.05) is 5.73 Å². The third kappa shape index (κ3) is 1.84. The van der Waals surface area contributed by atoms with Crippen LogP contribution < -0.4 is 5.73 Å². The van der Waals surface area contributed by atoms with Gasteiger partial charge in [-0.15, -0.1) is 0 Å². The average molecular weight is 199 g/mol. The van der Waals surface area contributed by atoms with Crippen molar-refractivity contribution in [1.29, 1.82) is 5.26 Å². The molecule has 62 valence electrons. The fraction of sp³-hybridized carbons (Fsp3) is 0.125. The zero-order chi connectivity index (χ0) is 9.14. The van der Waals surface area contributed by atoms with Gasteiger partial charge in [0, 0.05) is 4.90 Å². The van der Waals surface area contributed by atoms with Crippen LogP contribution in [0.5, 0.6) is 0 Å². The topological polar surface area (TPSA) is 49.8 Å². The van der Waals surface area contributed by atoms with Crippen LogP contribution in [0.15, 0.2) is 17.0 Å². The molecule has 0 amide bonds. The molecular formula is C8H7ClN2S. The first-order valence-electron chi connectivity index (χ1n) is 3.26. The van der Waals surface area contributed by atoms with Gasteiger partial charge in [-0.3, -0.25) is 0 Å². The van der Waals surface area contributed by atoms with Gasteiger partial charge < -0.3 is 5.73 Å². The van der Waals surface area contributed by atoms with Crippen molar-refractivity contribution in [1.82, 2.24) is 0 Å². The molecule has 0 unspecified atom stereocenters. The summed E-state index contributed by atoms with van der Waals surface area (Å²) in [5.41, 5.74) is 7.12. The maximum absolute atomic E-state index is 8.44. The maximum atomic E-state index is 8.44. The molecule has 0 atom stereocenters. The van der Waals surface area contributed by atoms with Crippen LogP contribution in [0, 0.1) is 17.6 Å². The summed E-state index contributed by atoms with van der Waals surface area (Å²) in [6.45, 7) is 1.91. The highest BCUT2D eigenvalue weighted by Gasteiger charge is 2.04. The molecule has 0 radical (unpaired) electrons. The SMILES string of the molecule is Cc1cc(Cl)c(N)c(SC#N)c1. The van der Waals surface area contributed by atoms with Crippen molar-refractivity contribution < 1.29 is 0 Å². The lowest BCUT2D eigenvalue weighted by Crippen LogP contribution is -1.90. The zero-order valence-electron chi connectivity index (χ0n) is 6.47. The number of thioether (sulfide) groups is 1. The molecule has 0 saturated carbocycles. The fourth-order valence-electron chi connectivity index (χ4n) is 0.855. The summed E-state index contributed by atoms with van der Waals surface area (Å²) in [7, 11) is 0. The molecule has 0 aliphatic carbocycles.